The minimum Gasteiger partial charge on any atom is -0.479 e. The van der Waals surface area contributed by atoms with Gasteiger partial charge in [-0.05, 0) is 52.9 Å². The van der Waals surface area contributed by atoms with E-state index in [0.29, 0.717) is 11.3 Å². The summed E-state index contributed by atoms with van der Waals surface area (Å²) >= 11 is 0. The number of anilines is 1. The van der Waals surface area contributed by atoms with Crippen molar-refractivity contribution in [1.29, 1.82) is 0 Å². The number of ether oxygens (including phenoxy) is 1. The van der Waals surface area contributed by atoms with Gasteiger partial charge in [0.25, 0.3) is 5.91 Å². The third-order valence-electron chi connectivity index (χ3n) is 5.59. The summed E-state index contributed by atoms with van der Waals surface area (Å²) in [4.78, 5) is 39.7. The smallest absolute Gasteiger partial charge is 0.411 e. The van der Waals surface area contributed by atoms with E-state index >= 15 is 0 Å². The second-order valence-electron chi connectivity index (χ2n) is 7.97. The minimum atomic E-state index is -1.19. The second kappa shape index (κ2) is 10.7. The van der Waals surface area contributed by atoms with Gasteiger partial charge in [-0.3, -0.25) is 14.9 Å². The number of benzene rings is 3. The minimum absolute atomic E-state index is 0.0352. The standard InChI is InChI=1S/C27H24N2O6/c1-17(26(31)32)35-29-25(30)14-13-18-7-6-8-19(15-18)28-27(33)34-16-24-22-11-4-2-9-20(22)21-10-3-5-12-23(21)24/h2-15,17,24H,16H2,1H3,(H,28,33)(H,29,30)(H,31,32)/b14-13+. The molecule has 0 saturated heterocycles. The van der Waals surface area contributed by atoms with Crippen molar-refractivity contribution in [3.63, 3.8) is 0 Å². The van der Waals surface area contributed by atoms with E-state index in [1.807, 2.05) is 29.7 Å². The Morgan fingerprint density at radius 3 is 2.29 bits per heavy atom. The van der Waals surface area contributed by atoms with E-state index in [1.165, 1.54) is 19.1 Å². The molecule has 8 heteroatoms. The molecule has 0 heterocycles. The largest absolute Gasteiger partial charge is 0.479 e. The lowest BCUT2D eigenvalue weighted by Crippen LogP contribution is -2.31. The summed E-state index contributed by atoms with van der Waals surface area (Å²) in [7, 11) is 0. The van der Waals surface area contributed by atoms with Gasteiger partial charge in [0.15, 0.2) is 6.10 Å². The van der Waals surface area contributed by atoms with Crippen molar-refractivity contribution in [2.75, 3.05) is 11.9 Å². The molecular formula is C27H24N2O6. The summed E-state index contributed by atoms with van der Waals surface area (Å²) in [6, 6.07) is 23.1. The number of nitrogens with one attached hydrogen (secondary N) is 2. The average molecular weight is 472 g/mol. The zero-order valence-electron chi connectivity index (χ0n) is 18.9. The van der Waals surface area contributed by atoms with Crippen LogP contribution in [0.25, 0.3) is 17.2 Å². The molecule has 1 unspecified atom stereocenters. The summed E-state index contributed by atoms with van der Waals surface area (Å²) < 4.78 is 5.56. The topological polar surface area (TPSA) is 114 Å². The van der Waals surface area contributed by atoms with Gasteiger partial charge < -0.3 is 9.84 Å². The van der Waals surface area contributed by atoms with Crippen LogP contribution in [0.15, 0.2) is 78.9 Å². The molecule has 0 aromatic heterocycles. The summed E-state index contributed by atoms with van der Waals surface area (Å²) in [5.41, 5.74) is 7.76. The van der Waals surface area contributed by atoms with Gasteiger partial charge in [-0.25, -0.2) is 15.1 Å². The maximum absolute atomic E-state index is 12.5. The molecule has 8 nitrogen and oxygen atoms in total. The van der Waals surface area contributed by atoms with Crippen LogP contribution in [0.4, 0.5) is 10.5 Å². The van der Waals surface area contributed by atoms with E-state index in [4.69, 9.17) is 14.7 Å². The van der Waals surface area contributed by atoms with E-state index in [0.717, 1.165) is 22.3 Å². The summed E-state index contributed by atoms with van der Waals surface area (Å²) in [6.45, 7) is 1.50. The molecule has 0 radical (unpaired) electrons. The maximum Gasteiger partial charge on any atom is 0.411 e. The van der Waals surface area contributed by atoms with Crippen LogP contribution in [-0.4, -0.2) is 35.8 Å². The molecule has 2 amide bonds. The summed E-state index contributed by atoms with van der Waals surface area (Å²) in [5.74, 6) is -1.85. The monoisotopic (exact) mass is 472 g/mol. The van der Waals surface area contributed by atoms with Gasteiger partial charge in [-0.1, -0.05) is 60.7 Å². The van der Waals surface area contributed by atoms with Gasteiger partial charge in [-0.15, -0.1) is 0 Å². The van der Waals surface area contributed by atoms with Crippen LogP contribution < -0.4 is 10.8 Å². The Labute approximate surface area is 202 Å². The van der Waals surface area contributed by atoms with Crippen LogP contribution in [0.5, 0.6) is 0 Å². The van der Waals surface area contributed by atoms with Crippen LogP contribution in [-0.2, 0) is 19.2 Å². The summed E-state index contributed by atoms with van der Waals surface area (Å²) in [6.07, 6.45) is 0.951. The normalized spacial score (nSPS) is 13.1. The first-order chi connectivity index (χ1) is 16.9. The molecule has 1 aliphatic rings. The van der Waals surface area contributed by atoms with Crippen LogP contribution in [0.1, 0.15) is 29.5 Å². The molecule has 1 atom stereocenters. The highest BCUT2D eigenvalue weighted by Crippen LogP contribution is 2.44. The fraction of sp³-hybridized carbons (Fsp3) is 0.148. The Morgan fingerprint density at radius 1 is 0.971 bits per heavy atom. The third kappa shape index (κ3) is 5.74. The number of carboxylic acid groups (broad SMARTS) is 1. The van der Waals surface area contributed by atoms with Crippen molar-refractivity contribution in [3.05, 3.63) is 95.6 Å². The quantitative estimate of drug-likeness (QED) is 0.327. The molecule has 0 fully saturated rings. The molecule has 0 saturated carbocycles. The van der Waals surface area contributed by atoms with Crippen molar-refractivity contribution < 1.29 is 29.1 Å². The highest BCUT2D eigenvalue weighted by atomic mass is 16.7. The number of carboxylic acids is 1. The van der Waals surface area contributed by atoms with Crippen LogP contribution in [0.2, 0.25) is 0 Å². The number of hydroxylamine groups is 1. The van der Waals surface area contributed by atoms with Crippen molar-refractivity contribution >= 4 is 29.7 Å². The highest BCUT2D eigenvalue weighted by Gasteiger charge is 2.29. The molecular weight excluding hydrogens is 448 g/mol. The lowest BCUT2D eigenvalue weighted by Gasteiger charge is -2.14. The Bertz CT molecular complexity index is 1240. The third-order valence-corrected chi connectivity index (χ3v) is 5.59. The number of hydrogen-bond acceptors (Lipinski definition) is 5. The molecule has 3 N–H and O–H groups in total. The van der Waals surface area contributed by atoms with Gasteiger partial charge in [0.1, 0.15) is 6.61 Å². The van der Waals surface area contributed by atoms with Gasteiger partial charge >= 0.3 is 12.1 Å². The number of amides is 2. The lowest BCUT2D eigenvalue weighted by molar-refractivity contribution is -0.157. The van der Waals surface area contributed by atoms with E-state index in [9.17, 15) is 14.4 Å². The zero-order valence-corrected chi connectivity index (χ0v) is 18.9. The van der Waals surface area contributed by atoms with E-state index < -0.39 is 24.1 Å². The Balaban J connectivity index is 1.34. The molecule has 0 spiro atoms. The maximum atomic E-state index is 12.5. The van der Waals surface area contributed by atoms with Crippen molar-refractivity contribution in [2.45, 2.75) is 18.9 Å². The Morgan fingerprint density at radius 2 is 1.63 bits per heavy atom. The molecule has 3 aromatic carbocycles. The molecule has 178 valence electrons. The predicted molar refractivity (Wildman–Crippen MR) is 130 cm³/mol. The van der Waals surface area contributed by atoms with E-state index in [2.05, 4.69) is 29.6 Å². The van der Waals surface area contributed by atoms with E-state index in [-0.39, 0.29) is 12.5 Å². The van der Waals surface area contributed by atoms with Gasteiger partial charge in [0.05, 0.1) is 0 Å². The molecule has 3 aromatic rings. The number of hydrogen-bond donors (Lipinski definition) is 3. The molecule has 0 bridgehead atoms. The number of carbonyl (C=O) groups excluding carboxylic acids is 2. The Kier molecular flexibility index (Phi) is 7.23. The summed E-state index contributed by atoms with van der Waals surface area (Å²) in [5, 5.41) is 11.5. The molecule has 4 rings (SSSR count). The fourth-order valence-corrected chi connectivity index (χ4v) is 3.88. The predicted octanol–water partition coefficient (Wildman–Crippen LogP) is 4.58. The molecule has 0 aliphatic heterocycles. The van der Waals surface area contributed by atoms with Gasteiger partial charge in [0, 0.05) is 17.7 Å². The van der Waals surface area contributed by atoms with E-state index in [1.54, 1.807) is 24.3 Å². The first-order valence-electron chi connectivity index (χ1n) is 11.0. The SMILES string of the molecule is CC(ONC(=O)/C=C/c1cccc(NC(=O)OCC2c3ccccc3-c3ccccc32)c1)C(=O)O. The first kappa shape index (κ1) is 23.7. The number of fused-ring (bicyclic) bond motifs is 3. The number of carbonyl (C=O) groups is 3. The van der Waals surface area contributed by atoms with Gasteiger partial charge in [-0.2, -0.15) is 0 Å². The van der Waals surface area contributed by atoms with Crippen LogP contribution >= 0.6 is 0 Å². The second-order valence-corrected chi connectivity index (χ2v) is 7.97. The number of rotatable bonds is 8. The van der Waals surface area contributed by atoms with Crippen LogP contribution in [0.3, 0.4) is 0 Å². The zero-order chi connectivity index (χ0) is 24.8. The van der Waals surface area contributed by atoms with Crippen LogP contribution in [0, 0.1) is 0 Å². The van der Waals surface area contributed by atoms with Crippen molar-refractivity contribution in [2.24, 2.45) is 0 Å². The molecule has 1 aliphatic carbocycles. The molecule has 35 heavy (non-hydrogen) atoms. The highest BCUT2D eigenvalue weighted by molar-refractivity contribution is 5.91. The van der Waals surface area contributed by atoms with Crippen molar-refractivity contribution in [1.82, 2.24) is 5.48 Å². The first-order valence-corrected chi connectivity index (χ1v) is 11.0. The van der Waals surface area contributed by atoms with Crippen molar-refractivity contribution in [3.8, 4) is 11.1 Å². The fourth-order valence-electron chi connectivity index (χ4n) is 3.88. The number of aliphatic carboxylic acids is 1. The van der Waals surface area contributed by atoms with Gasteiger partial charge in [0.2, 0.25) is 0 Å². The Hall–Kier alpha value is -4.43. The average Bonchev–Trinajstić information content (AvgIpc) is 3.18. The lowest BCUT2D eigenvalue weighted by atomic mass is 9.98.